The molecule has 0 atom stereocenters. The van der Waals surface area contributed by atoms with Crippen LogP contribution in [0.4, 0.5) is 0 Å². The third-order valence-electron chi connectivity index (χ3n) is 2.32. The van der Waals surface area contributed by atoms with Gasteiger partial charge in [-0.15, -0.1) is 11.8 Å². The van der Waals surface area contributed by atoms with E-state index in [9.17, 15) is 4.79 Å². The van der Waals surface area contributed by atoms with E-state index in [1.807, 2.05) is 19.1 Å². The van der Waals surface area contributed by atoms with Crippen LogP contribution in [0.5, 0.6) is 0 Å². The maximum atomic E-state index is 12.0. The van der Waals surface area contributed by atoms with Gasteiger partial charge in [-0.2, -0.15) is 0 Å². The largest absolute Gasteiger partial charge is 0.351 e. The van der Waals surface area contributed by atoms with Crippen LogP contribution in [0.15, 0.2) is 23.1 Å². The van der Waals surface area contributed by atoms with E-state index in [2.05, 4.69) is 17.6 Å². The van der Waals surface area contributed by atoms with Gasteiger partial charge in [0, 0.05) is 23.0 Å². The number of nitrogens with one attached hydrogen (secondary N) is 2. The van der Waals surface area contributed by atoms with Crippen molar-refractivity contribution in [3.05, 3.63) is 28.8 Å². The smallest absolute Gasteiger partial charge is 0.252 e. The van der Waals surface area contributed by atoms with Crippen LogP contribution in [0.3, 0.4) is 0 Å². The molecule has 0 spiro atoms. The van der Waals surface area contributed by atoms with Crippen molar-refractivity contribution in [2.45, 2.75) is 18.7 Å². The molecule has 0 fully saturated rings. The molecule has 18 heavy (non-hydrogen) atoms. The lowest BCUT2D eigenvalue weighted by molar-refractivity contribution is 0.0951. The fourth-order valence-electron chi connectivity index (χ4n) is 1.50. The van der Waals surface area contributed by atoms with Crippen LogP contribution in [0.25, 0.3) is 0 Å². The molecule has 0 saturated carbocycles. The first-order chi connectivity index (χ1) is 8.69. The summed E-state index contributed by atoms with van der Waals surface area (Å²) in [7, 11) is 0. The zero-order valence-corrected chi connectivity index (χ0v) is 12.3. The highest BCUT2D eigenvalue weighted by molar-refractivity contribution is 7.99. The van der Waals surface area contributed by atoms with Crippen molar-refractivity contribution < 1.29 is 4.79 Å². The van der Waals surface area contributed by atoms with E-state index in [0.29, 0.717) is 17.1 Å². The third-order valence-corrected chi connectivity index (χ3v) is 3.51. The van der Waals surface area contributed by atoms with Gasteiger partial charge in [0.2, 0.25) is 0 Å². The van der Waals surface area contributed by atoms with E-state index in [0.717, 1.165) is 23.7 Å². The Morgan fingerprint density at radius 3 is 2.78 bits per heavy atom. The molecular weight excluding hydrogens is 268 g/mol. The van der Waals surface area contributed by atoms with Gasteiger partial charge < -0.3 is 10.6 Å². The molecule has 5 heteroatoms. The lowest BCUT2D eigenvalue weighted by Crippen LogP contribution is -2.32. The van der Waals surface area contributed by atoms with Crippen molar-refractivity contribution >= 4 is 29.3 Å². The molecule has 0 aromatic heterocycles. The second kappa shape index (κ2) is 8.40. The van der Waals surface area contributed by atoms with E-state index in [4.69, 9.17) is 11.6 Å². The predicted octanol–water partition coefficient (Wildman–Crippen LogP) is 2.79. The summed E-state index contributed by atoms with van der Waals surface area (Å²) in [5.41, 5.74) is 0.658. The van der Waals surface area contributed by atoms with Crippen LogP contribution < -0.4 is 10.6 Å². The first-order valence-electron chi connectivity index (χ1n) is 6.10. The van der Waals surface area contributed by atoms with Crippen LogP contribution in [0.1, 0.15) is 24.2 Å². The molecule has 0 aliphatic heterocycles. The molecule has 100 valence electrons. The molecule has 3 nitrogen and oxygen atoms in total. The molecule has 0 unspecified atom stereocenters. The second-order valence-corrected chi connectivity index (χ2v) is 5.43. The van der Waals surface area contributed by atoms with E-state index in [1.54, 1.807) is 17.8 Å². The Bertz CT molecular complexity index is 399. The number of thioether (sulfide) groups is 1. The van der Waals surface area contributed by atoms with Crippen molar-refractivity contribution in [2.24, 2.45) is 0 Å². The van der Waals surface area contributed by atoms with Gasteiger partial charge in [0.1, 0.15) is 0 Å². The number of hydrogen-bond donors (Lipinski definition) is 2. The molecular formula is C13H19ClN2OS. The van der Waals surface area contributed by atoms with Gasteiger partial charge in [0.15, 0.2) is 0 Å². The summed E-state index contributed by atoms with van der Waals surface area (Å²) in [6, 6.07) is 5.44. The second-order valence-electron chi connectivity index (χ2n) is 3.68. The summed E-state index contributed by atoms with van der Waals surface area (Å²) < 4.78 is 0. The first kappa shape index (κ1) is 15.3. The molecule has 1 amide bonds. The molecule has 1 rings (SSSR count). The average Bonchev–Trinajstić information content (AvgIpc) is 2.37. The number of likely N-dealkylation sites (N-methyl/N-ethyl adjacent to an activating group) is 1. The predicted molar refractivity (Wildman–Crippen MR) is 78.7 cm³/mol. The van der Waals surface area contributed by atoms with E-state index < -0.39 is 0 Å². The average molecular weight is 287 g/mol. The normalized spacial score (nSPS) is 10.4. The SMILES string of the molecule is CCNCCNC(=O)c1cc(Cl)ccc1SCC. The highest BCUT2D eigenvalue weighted by Crippen LogP contribution is 2.25. The minimum absolute atomic E-state index is 0.0636. The van der Waals surface area contributed by atoms with Gasteiger partial charge >= 0.3 is 0 Å². The van der Waals surface area contributed by atoms with Crippen LogP contribution in [-0.4, -0.2) is 31.3 Å². The first-order valence-corrected chi connectivity index (χ1v) is 7.46. The Morgan fingerprint density at radius 2 is 2.11 bits per heavy atom. The molecule has 0 bridgehead atoms. The molecule has 1 aromatic carbocycles. The van der Waals surface area contributed by atoms with Crippen LogP contribution in [0.2, 0.25) is 5.02 Å². The third kappa shape index (κ3) is 4.88. The van der Waals surface area contributed by atoms with Crippen LogP contribution >= 0.6 is 23.4 Å². The van der Waals surface area contributed by atoms with Gasteiger partial charge in [0.25, 0.3) is 5.91 Å². The molecule has 0 aliphatic rings. The Hall–Kier alpha value is -0.710. The highest BCUT2D eigenvalue weighted by Gasteiger charge is 2.11. The van der Waals surface area contributed by atoms with Crippen molar-refractivity contribution in [1.82, 2.24) is 10.6 Å². The van der Waals surface area contributed by atoms with E-state index >= 15 is 0 Å². The van der Waals surface area contributed by atoms with Gasteiger partial charge in [0.05, 0.1) is 5.56 Å². The van der Waals surface area contributed by atoms with Crippen LogP contribution in [0, 0.1) is 0 Å². The minimum atomic E-state index is -0.0636. The van der Waals surface area contributed by atoms with E-state index in [1.165, 1.54) is 0 Å². The Kier molecular flexibility index (Phi) is 7.16. The molecule has 2 N–H and O–H groups in total. The number of amides is 1. The van der Waals surface area contributed by atoms with E-state index in [-0.39, 0.29) is 5.91 Å². The van der Waals surface area contributed by atoms with Gasteiger partial charge in [-0.25, -0.2) is 0 Å². The fraction of sp³-hybridized carbons (Fsp3) is 0.462. The number of halogens is 1. The standard InChI is InChI=1S/C13H19ClN2OS/c1-3-15-7-8-16-13(17)11-9-10(14)5-6-12(11)18-4-2/h5-6,9,15H,3-4,7-8H2,1-2H3,(H,16,17). The highest BCUT2D eigenvalue weighted by atomic mass is 35.5. The van der Waals surface area contributed by atoms with Crippen LogP contribution in [-0.2, 0) is 0 Å². The zero-order valence-electron chi connectivity index (χ0n) is 10.8. The summed E-state index contributed by atoms with van der Waals surface area (Å²) >= 11 is 7.59. The monoisotopic (exact) mass is 286 g/mol. The lowest BCUT2D eigenvalue weighted by atomic mass is 10.2. The van der Waals surface area contributed by atoms with Gasteiger partial charge in [-0.05, 0) is 30.5 Å². The quantitative estimate of drug-likeness (QED) is 0.598. The van der Waals surface area contributed by atoms with Crippen molar-refractivity contribution in [1.29, 1.82) is 0 Å². The summed E-state index contributed by atoms with van der Waals surface area (Å²) in [6.45, 7) is 6.40. The Morgan fingerprint density at radius 1 is 1.33 bits per heavy atom. The maximum absolute atomic E-state index is 12.0. The summed E-state index contributed by atoms with van der Waals surface area (Å²) in [4.78, 5) is 13.0. The number of hydrogen-bond acceptors (Lipinski definition) is 3. The minimum Gasteiger partial charge on any atom is -0.351 e. The van der Waals surface area contributed by atoms with Crippen molar-refractivity contribution in [2.75, 3.05) is 25.4 Å². The number of carbonyl (C=O) groups excluding carboxylic acids is 1. The van der Waals surface area contributed by atoms with Gasteiger partial charge in [-0.3, -0.25) is 4.79 Å². The number of rotatable bonds is 7. The summed E-state index contributed by atoms with van der Waals surface area (Å²) in [5.74, 6) is 0.866. The van der Waals surface area contributed by atoms with Crippen molar-refractivity contribution in [3.8, 4) is 0 Å². The molecule has 0 saturated heterocycles. The molecule has 1 aromatic rings. The number of benzene rings is 1. The zero-order chi connectivity index (χ0) is 13.4. The Balaban J connectivity index is 2.67. The topological polar surface area (TPSA) is 41.1 Å². The van der Waals surface area contributed by atoms with Gasteiger partial charge in [-0.1, -0.05) is 25.4 Å². The Labute approximate surface area is 118 Å². The van der Waals surface area contributed by atoms with Crippen molar-refractivity contribution in [3.63, 3.8) is 0 Å². The fourth-order valence-corrected chi connectivity index (χ4v) is 2.45. The molecule has 0 heterocycles. The lowest BCUT2D eigenvalue weighted by Gasteiger charge is -2.10. The summed E-state index contributed by atoms with van der Waals surface area (Å²) in [6.07, 6.45) is 0. The number of carbonyl (C=O) groups is 1. The maximum Gasteiger partial charge on any atom is 0.252 e. The molecule has 0 radical (unpaired) electrons. The summed E-state index contributed by atoms with van der Waals surface area (Å²) in [5, 5.41) is 6.64. The molecule has 0 aliphatic carbocycles.